The molecule has 0 amide bonds. The highest BCUT2D eigenvalue weighted by Crippen LogP contribution is 2.32. The maximum atomic E-state index is 10.8. The molecule has 0 aliphatic carbocycles. The zero-order chi connectivity index (χ0) is 15.7. The lowest BCUT2D eigenvalue weighted by molar-refractivity contribution is -0.384. The van der Waals surface area contributed by atoms with Gasteiger partial charge in [0.25, 0.3) is 5.69 Å². The van der Waals surface area contributed by atoms with Crippen LogP contribution in [0.15, 0.2) is 54.7 Å². The molecular weight excluding hydrogens is 278 g/mol. The molecule has 22 heavy (non-hydrogen) atoms. The number of rotatable bonds is 4. The summed E-state index contributed by atoms with van der Waals surface area (Å²) in [6.45, 7) is 0. The topological polar surface area (TPSA) is 62.2 Å². The van der Waals surface area contributed by atoms with Gasteiger partial charge in [-0.3, -0.25) is 15.0 Å². The Morgan fingerprint density at radius 3 is 2.41 bits per heavy atom. The number of nitrogens with zero attached hydrogens (tertiary/aromatic N) is 2. The molecule has 1 heterocycles. The van der Waals surface area contributed by atoms with Gasteiger partial charge in [-0.25, -0.2) is 0 Å². The fourth-order valence-electron chi connectivity index (χ4n) is 2.85. The Balaban J connectivity index is 2.08. The van der Waals surface area contributed by atoms with Crippen LogP contribution >= 0.6 is 0 Å². The summed E-state index contributed by atoms with van der Waals surface area (Å²) in [6.07, 6.45) is 2.01. The second-order valence-electron chi connectivity index (χ2n) is 5.50. The van der Waals surface area contributed by atoms with E-state index in [-0.39, 0.29) is 16.7 Å². The summed E-state index contributed by atoms with van der Waals surface area (Å²) >= 11 is 0. The number of nitrogens with one attached hydrogen (secondary N) is 1. The number of para-hydroxylation sites is 1. The molecular formula is C17H17N3O2. The van der Waals surface area contributed by atoms with E-state index in [2.05, 4.69) is 16.0 Å². The summed E-state index contributed by atoms with van der Waals surface area (Å²) in [6, 6.07) is 14.9. The molecule has 0 aliphatic heterocycles. The first-order chi connectivity index (χ1) is 10.6. The van der Waals surface area contributed by atoms with Crippen molar-refractivity contribution in [3.63, 3.8) is 0 Å². The van der Waals surface area contributed by atoms with E-state index in [0.717, 1.165) is 16.6 Å². The van der Waals surface area contributed by atoms with Gasteiger partial charge in [0, 0.05) is 29.2 Å². The summed E-state index contributed by atoms with van der Waals surface area (Å²) in [5.74, 6) is 0. The number of H-pyrrole nitrogens is 1. The number of hydrogen-bond donors (Lipinski definition) is 1. The van der Waals surface area contributed by atoms with Crippen molar-refractivity contribution < 1.29 is 4.92 Å². The van der Waals surface area contributed by atoms with Crippen LogP contribution in [0.5, 0.6) is 0 Å². The van der Waals surface area contributed by atoms with Crippen LogP contribution in [0.1, 0.15) is 17.2 Å². The average Bonchev–Trinajstić information content (AvgIpc) is 2.92. The molecule has 3 aromatic rings. The van der Waals surface area contributed by atoms with Crippen molar-refractivity contribution in [2.45, 2.75) is 6.04 Å². The van der Waals surface area contributed by atoms with E-state index in [9.17, 15) is 10.1 Å². The van der Waals surface area contributed by atoms with Crippen LogP contribution in [0.2, 0.25) is 0 Å². The number of non-ortho nitro benzene ring substituents is 1. The molecule has 1 N–H and O–H groups in total. The van der Waals surface area contributed by atoms with Crippen LogP contribution in [0.4, 0.5) is 5.69 Å². The molecule has 3 rings (SSSR count). The van der Waals surface area contributed by atoms with Crippen molar-refractivity contribution in [3.05, 3.63) is 76.0 Å². The standard InChI is InChI=1S/C17H17N3O2/c1-19(2)17(12-7-9-13(10-8-12)20(21)22)15-11-18-16-6-4-3-5-14(15)16/h3-11,17-18H,1-2H3. The smallest absolute Gasteiger partial charge is 0.269 e. The Labute approximate surface area is 128 Å². The number of nitro groups is 1. The SMILES string of the molecule is CN(C)C(c1ccc([N+](=O)[O-])cc1)c1c[nH]c2ccccc12. The van der Waals surface area contributed by atoms with E-state index < -0.39 is 0 Å². The average molecular weight is 295 g/mol. The third-order valence-electron chi connectivity index (χ3n) is 3.85. The van der Waals surface area contributed by atoms with Crippen molar-refractivity contribution in [3.8, 4) is 0 Å². The Bertz CT molecular complexity index is 806. The van der Waals surface area contributed by atoms with E-state index in [1.165, 1.54) is 5.39 Å². The van der Waals surface area contributed by atoms with Gasteiger partial charge in [0.2, 0.25) is 0 Å². The highest BCUT2D eigenvalue weighted by Gasteiger charge is 2.20. The maximum absolute atomic E-state index is 10.8. The zero-order valence-corrected chi connectivity index (χ0v) is 12.5. The molecule has 112 valence electrons. The molecule has 5 nitrogen and oxygen atoms in total. The normalized spacial score (nSPS) is 12.7. The maximum Gasteiger partial charge on any atom is 0.269 e. The van der Waals surface area contributed by atoms with Gasteiger partial charge in [-0.2, -0.15) is 0 Å². The van der Waals surface area contributed by atoms with Crippen LogP contribution in [-0.2, 0) is 0 Å². The quantitative estimate of drug-likeness (QED) is 0.589. The van der Waals surface area contributed by atoms with Gasteiger partial charge >= 0.3 is 0 Å². The molecule has 0 aliphatic rings. The number of fused-ring (bicyclic) bond motifs is 1. The number of aromatic nitrogens is 1. The zero-order valence-electron chi connectivity index (χ0n) is 12.5. The molecule has 0 radical (unpaired) electrons. The van der Waals surface area contributed by atoms with Gasteiger partial charge in [0.1, 0.15) is 0 Å². The third kappa shape index (κ3) is 2.46. The van der Waals surface area contributed by atoms with E-state index >= 15 is 0 Å². The van der Waals surface area contributed by atoms with Crippen LogP contribution in [0.25, 0.3) is 10.9 Å². The lowest BCUT2D eigenvalue weighted by Gasteiger charge is -2.24. The van der Waals surface area contributed by atoms with Crippen molar-refractivity contribution in [1.82, 2.24) is 9.88 Å². The van der Waals surface area contributed by atoms with Gasteiger partial charge in [-0.15, -0.1) is 0 Å². The second kappa shape index (κ2) is 5.61. The fourth-order valence-corrected chi connectivity index (χ4v) is 2.85. The van der Waals surface area contributed by atoms with E-state index in [1.54, 1.807) is 12.1 Å². The highest BCUT2D eigenvalue weighted by atomic mass is 16.6. The number of nitro benzene ring substituents is 1. The molecule has 0 saturated carbocycles. The van der Waals surface area contributed by atoms with Crippen molar-refractivity contribution in [2.24, 2.45) is 0 Å². The van der Waals surface area contributed by atoms with E-state index in [4.69, 9.17) is 0 Å². The predicted molar refractivity (Wildman–Crippen MR) is 86.9 cm³/mol. The molecule has 0 spiro atoms. The van der Waals surface area contributed by atoms with Crippen molar-refractivity contribution in [2.75, 3.05) is 14.1 Å². The fraction of sp³-hybridized carbons (Fsp3) is 0.176. The van der Waals surface area contributed by atoms with Gasteiger partial charge in [-0.05, 0) is 31.3 Å². The summed E-state index contributed by atoms with van der Waals surface area (Å²) < 4.78 is 0. The number of hydrogen-bond acceptors (Lipinski definition) is 3. The minimum absolute atomic E-state index is 0.0388. The molecule has 0 saturated heterocycles. The molecule has 1 unspecified atom stereocenters. The lowest BCUT2D eigenvalue weighted by Crippen LogP contribution is -2.20. The molecule has 0 fully saturated rings. The third-order valence-corrected chi connectivity index (χ3v) is 3.85. The largest absolute Gasteiger partial charge is 0.361 e. The Morgan fingerprint density at radius 2 is 1.77 bits per heavy atom. The first-order valence-electron chi connectivity index (χ1n) is 7.04. The van der Waals surface area contributed by atoms with E-state index in [0.29, 0.717) is 0 Å². The van der Waals surface area contributed by atoms with Crippen LogP contribution in [-0.4, -0.2) is 28.9 Å². The van der Waals surface area contributed by atoms with Crippen molar-refractivity contribution >= 4 is 16.6 Å². The van der Waals surface area contributed by atoms with E-state index in [1.807, 2.05) is 50.6 Å². The Morgan fingerprint density at radius 1 is 1.09 bits per heavy atom. The Hall–Kier alpha value is -2.66. The minimum atomic E-state index is -0.375. The lowest BCUT2D eigenvalue weighted by atomic mass is 9.97. The molecule has 5 heteroatoms. The monoisotopic (exact) mass is 295 g/mol. The summed E-state index contributed by atoms with van der Waals surface area (Å²) in [5.41, 5.74) is 3.39. The predicted octanol–water partition coefficient (Wildman–Crippen LogP) is 3.73. The summed E-state index contributed by atoms with van der Waals surface area (Å²) in [5, 5.41) is 12.0. The number of aromatic amines is 1. The van der Waals surface area contributed by atoms with Crippen LogP contribution in [0, 0.1) is 10.1 Å². The summed E-state index contributed by atoms with van der Waals surface area (Å²) in [7, 11) is 4.02. The number of benzene rings is 2. The Kier molecular flexibility index (Phi) is 3.65. The molecule has 1 atom stereocenters. The van der Waals surface area contributed by atoms with Crippen LogP contribution < -0.4 is 0 Å². The molecule has 0 bridgehead atoms. The minimum Gasteiger partial charge on any atom is -0.361 e. The van der Waals surface area contributed by atoms with Gasteiger partial charge < -0.3 is 4.98 Å². The van der Waals surface area contributed by atoms with Crippen molar-refractivity contribution in [1.29, 1.82) is 0 Å². The van der Waals surface area contributed by atoms with Crippen LogP contribution in [0.3, 0.4) is 0 Å². The first kappa shape index (κ1) is 14.3. The first-order valence-corrected chi connectivity index (χ1v) is 7.04. The summed E-state index contributed by atoms with van der Waals surface area (Å²) in [4.78, 5) is 15.8. The van der Waals surface area contributed by atoms with Gasteiger partial charge in [0.15, 0.2) is 0 Å². The van der Waals surface area contributed by atoms with Gasteiger partial charge in [-0.1, -0.05) is 30.3 Å². The molecule has 1 aromatic heterocycles. The van der Waals surface area contributed by atoms with Gasteiger partial charge in [0.05, 0.1) is 11.0 Å². The highest BCUT2D eigenvalue weighted by molar-refractivity contribution is 5.84. The molecule has 2 aromatic carbocycles. The second-order valence-corrected chi connectivity index (χ2v) is 5.50.